The molecule has 1 aliphatic heterocycles. The molecule has 0 fully saturated rings. The Kier molecular flexibility index (Phi) is 2.96. The number of urea groups is 1. The molecule has 1 aliphatic rings. The highest BCUT2D eigenvalue weighted by molar-refractivity contribution is 6.11. The number of aromatic carboxylic acids is 1. The number of nitrogens with zero attached hydrogens (tertiary/aromatic N) is 2. The summed E-state index contributed by atoms with van der Waals surface area (Å²) in [5.41, 5.74) is 0.761. The van der Waals surface area contributed by atoms with Gasteiger partial charge in [-0.1, -0.05) is 24.3 Å². The van der Waals surface area contributed by atoms with Crippen LogP contribution in [0.25, 0.3) is 0 Å². The molecule has 7 nitrogen and oxygen atoms in total. The smallest absolute Gasteiger partial charge is 0.347 e. The van der Waals surface area contributed by atoms with Gasteiger partial charge in [0.2, 0.25) is 0 Å². The second kappa shape index (κ2) is 4.80. The molecule has 0 aliphatic carbocycles. The summed E-state index contributed by atoms with van der Waals surface area (Å²) in [6.07, 6.45) is 0. The summed E-state index contributed by atoms with van der Waals surface area (Å²) in [5, 5.41) is 23.6. The lowest BCUT2D eigenvalue weighted by molar-refractivity contribution is 0.0697. The Bertz CT molecular complexity index is 732. The number of hydrogen-bond acceptors (Lipinski definition) is 4. The van der Waals surface area contributed by atoms with E-state index in [2.05, 4.69) is 5.32 Å². The number of hydrogen-bond donors (Lipinski definition) is 3. The first-order valence-electron chi connectivity index (χ1n) is 6.11. The van der Waals surface area contributed by atoms with Crippen LogP contribution in [0.15, 0.2) is 48.5 Å². The topological polar surface area (TPSA) is 93.1 Å². The third-order valence-electron chi connectivity index (χ3n) is 3.11. The van der Waals surface area contributed by atoms with Crippen LogP contribution in [0.4, 0.5) is 21.9 Å². The van der Waals surface area contributed by atoms with Crippen LogP contribution in [0.2, 0.25) is 0 Å². The van der Waals surface area contributed by atoms with Crippen molar-refractivity contribution in [3.63, 3.8) is 0 Å². The summed E-state index contributed by atoms with van der Waals surface area (Å²) in [5.74, 6) is -1.19. The Balaban J connectivity index is 2.12. The summed E-state index contributed by atoms with van der Waals surface area (Å²) < 4.78 is 0. The quantitative estimate of drug-likeness (QED) is 0.788. The van der Waals surface area contributed by atoms with Gasteiger partial charge in [0, 0.05) is 0 Å². The van der Waals surface area contributed by atoms with Crippen LogP contribution in [-0.2, 0) is 0 Å². The molecular weight excluding hydrogens is 274 g/mol. The van der Waals surface area contributed by atoms with Crippen LogP contribution in [0, 0.1) is 0 Å². The third-order valence-corrected chi connectivity index (χ3v) is 3.11. The first-order chi connectivity index (χ1) is 10.1. The third kappa shape index (κ3) is 2.05. The maximum atomic E-state index is 12.2. The van der Waals surface area contributed by atoms with Gasteiger partial charge in [-0.2, -0.15) is 10.2 Å². The lowest BCUT2D eigenvalue weighted by Crippen LogP contribution is -2.51. The first-order valence-corrected chi connectivity index (χ1v) is 6.11. The largest absolute Gasteiger partial charge is 0.478 e. The van der Waals surface area contributed by atoms with E-state index < -0.39 is 12.0 Å². The normalized spacial score (nSPS) is 13.7. The molecule has 0 atom stereocenters. The van der Waals surface area contributed by atoms with Gasteiger partial charge >= 0.3 is 12.0 Å². The fourth-order valence-corrected chi connectivity index (χ4v) is 2.17. The summed E-state index contributed by atoms with van der Waals surface area (Å²) >= 11 is 0. The molecule has 0 saturated heterocycles. The van der Waals surface area contributed by atoms with Crippen LogP contribution in [0.3, 0.4) is 0 Å². The van der Waals surface area contributed by atoms with E-state index in [1.54, 1.807) is 36.4 Å². The molecule has 0 aromatic heterocycles. The molecule has 0 bridgehead atoms. The lowest BCUT2D eigenvalue weighted by Gasteiger charge is -2.36. The minimum atomic E-state index is -1.19. The van der Waals surface area contributed by atoms with E-state index >= 15 is 0 Å². The second-order valence-electron chi connectivity index (χ2n) is 4.37. The zero-order chi connectivity index (χ0) is 15.0. The van der Waals surface area contributed by atoms with Crippen molar-refractivity contribution in [2.75, 3.05) is 15.5 Å². The van der Waals surface area contributed by atoms with Crippen molar-refractivity contribution in [3.05, 3.63) is 54.1 Å². The number of hydrazine groups is 1. The van der Waals surface area contributed by atoms with E-state index in [0.717, 1.165) is 5.01 Å². The van der Waals surface area contributed by atoms with Crippen molar-refractivity contribution in [1.29, 1.82) is 0 Å². The molecular formula is C14H11N3O4. The van der Waals surface area contributed by atoms with Crippen molar-refractivity contribution in [1.82, 2.24) is 0 Å². The van der Waals surface area contributed by atoms with Gasteiger partial charge in [0.05, 0.1) is 16.9 Å². The average molecular weight is 285 g/mol. The number of anilines is 3. The number of carboxylic acid groups (broad SMARTS) is 1. The lowest BCUT2D eigenvalue weighted by atomic mass is 10.1. The van der Waals surface area contributed by atoms with Crippen molar-refractivity contribution < 1.29 is 19.9 Å². The molecule has 2 aromatic rings. The Labute approximate surface area is 119 Å². The summed E-state index contributed by atoms with van der Waals surface area (Å²) in [6, 6.07) is 11.9. The van der Waals surface area contributed by atoms with Crippen molar-refractivity contribution in [2.45, 2.75) is 0 Å². The maximum Gasteiger partial charge on any atom is 0.347 e. The van der Waals surface area contributed by atoms with E-state index in [1.807, 2.05) is 0 Å². The van der Waals surface area contributed by atoms with E-state index in [9.17, 15) is 19.9 Å². The molecule has 0 radical (unpaired) electrons. The molecule has 7 heteroatoms. The van der Waals surface area contributed by atoms with Gasteiger partial charge in [0.25, 0.3) is 0 Å². The average Bonchev–Trinajstić information content (AvgIpc) is 2.47. The number of rotatable bonds is 2. The van der Waals surface area contributed by atoms with Crippen LogP contribution in [-0.4, -0.2) is 22.3 Å². The maximum absolute atomic E-state index is 12.2. The standard InChI is InChI=1S/C14H11N3O4/c18-13(19)9-5-1-3-7-11(9)16-14(20)15-10-6-2-4-8-12(10)17(16)21/h1-8,21H,(H,15,20)(H,18,19). The van der Waals surface area contributed by atoms with Crippen molar-refractivity contribution >= 4 is 29.1 Å². The molecule has 2 amide bonds. The van der Waals surface area contributed by atoms with Crippen LogP contribution in [0.5, 0.6) is 0 Å². The van der Waals surface area contributed by atoms with Gasteiger partial charge in [-0.15, -0.1) is 0 Å². The second-order valence-corrected chi connectivity index (χ2v) is 4.37. The molecule has 21 heavy (non-hydrogen) atoms. The fraction of sp³-hybridized carbons (Fsp3) is 0. The molecule has 0 saturated carbocycles. The predicted molar refractivity (Wildman–Crippen MR) is 75.6 cm³/mol. The van der Waals surface area contributed by atoms with Gasteiger partial charge in [-0.25, -0.2) is 9.59 Å². The van der Waals surface area contributed by atoms with E-state index in [1.165, 1.54) is 12.1 Å². The van der Waals surface area contributed by atoms with E-state index in [-0.39, 0.29) is 11.3 Å². The van der Waals surface area contributed by atoms with Crippen molar-refractivity contribution in [2.24, 2.45) is 0 Å². The summed E-state index contributed by atoms with van der Waals surface area (Å²) in [4.78, 5) is 23.4. The zero-order valence-corrected chi connectivity index (χ0v) is 10.7. The number of carbonyl (C=O) groups excluding carboxylic acids is 1. The molecule has 1 heterocycles. The highest BCUT2D eigenvalue weighted by atomic mass is 16.6. The number of benzene rings is 2. The Morgan fingerprint density at radius 3 is 2.33 bits per heavy atom. The number of carboxylic acids is 1. The molecule has 0 unspecified atom stereocenters. The number of nitrogens with one attached hydrogen (secondary N) is 1. The van der Waals surface area contributed by atoms with Gasteiger partial charge in [-0.05, 0) is 24.3 Å². The molecule has 2 aromatic carbocycles. The first kappa shape index (κ1) is 12.9. The highest BCUT2D eigenvalue weighted by Crippen LogP contribution is 2.34. The monoisotopic (exact) mass is 285 g/mol. The van der Waals surface area contributed by atoms with E-state index in [0.29, 0.717) is 16.5 Å². The van der Waals surface area contributed by atoms with E-state index in [4.69, 9.17) is 0 Å². The minimum Gasteiger partial charge on any atom is -0.478 e. The van der Waals surface area contributed by atoms with Gasteiger partial charge < -0.3 is 10.4 Å². The molecule has 0 spiro atoms. The molecule has 106 valence electrons. The minimum absolute atomic E-state index is 0.0690. The van der Waals surface area contributed by atoms with Crippen molar-refractivity contribution in [3.8, 4) is 0 Å². The summed E-state index contributed by atoms with van der Waals surface area (Å²) in [6.45, 7) is 0. The van der Waals surface area contributed by atoms with Crippen LogP contribution < -0.4 is 15.5 Å². The Morgan fingerprint density at radius 2 is 1.62 bits per heavy atom. The van der Waals surface area contributed by atoms with Gasteiger partial charge in [-0.3, -0.25) is 5.21 Å². The summed E-state index contributed by atoms with van der Waals surface area (Å²) in [7, 11) is 0. The van der Waals surface area contributed by atoms with Crippen LogP contribution in [0.1, 0.15) is 10.4 Å². The number of carbonyl (C=O) groups is 2. The Hall–Kier alpha value is -3.06. The highest BCUT2D eigenvalue weighted by Gasteiger charge is 2.32. The number of amides is 2. The SMILES string of the molecule is O=C(O)c1ccccc1N1C(=O)Nc2ccccc2N1O. The zero-order valence-electron chi connectivity index (χ0n) is 10.7. The number of fused-ring (bicyclic) bond motifs is 1. The predicted octanol–water partition coefficient (Wildman–Crippen LogP) is 2.55. The fourth-order valence-electron chi connectivity index (χ4n) is 2.17. The Morgan fingerprint density at radius 1 is 1.00 bits per heavy atom. The van der Waals surface area contributed by atoms with Gasteiger partial charge in [0.1, 0.15) is 5.69 Å². The molecule has 3 N–H and O–H groups in total. The van der Waals surface area contributed by atoms with Gasteiger partial charge in [0.15, 0.2) is 0 Å². The molecule has 3 rings (SSSR count). The van der Waals surface area contributed by atoms with Crippen LogP contribution >= 0.6 is 0 Å². The number of para-hydroxylation sites is 3.